The van der Waals surface area contributed by atoms with E-state index in [1.165, 1.54) is 16.8 Å². The van der Waals surface area contributed by atoms with E-state index in [1.807, 2.05) is 0 Å². The fourth-order valence-corrected chi connectivity index (χ4v) is 2.91. The molecule has 1 aliphatic heterocycles. The van der Waals surface area contributed by atoms with E-state index in [0.29, 0.717) is 12.7 Å². The molecule has 4 nitrogen and oxygen atoms in total. The van der Waals surface area contributed by atoms with E-state index >= 15 is 0 Å². The molecule has 4 heteroatoms. The van der Waals surface area contributed by atoms with Crippen LogP contribution in [0.15, 0.2) is 18.2 Å². The first-order chi connectivity index (χ1) is 10.2. The van der Waals surface area contributed by atoms with Crippen molar-refractivity contribution in [1.82, 2.24) is 5.32 Å². The van der Waals surface area contributed by atoms with Gasteiger partial charge in [0.1, 0.15) is 0 Å². The first-order valence-corrected chi connectivity index (χ1v) is 8.02. The molecule has 21 heavy (non-hydrogen) atoms. The SMILES string of the molecule is CCNCc1cc(C)ccc1N1CCC(OCCO)CC1. The van der Waals surface area contributed by atoms with E-state index in [-0.39, 0.29) is 6.61 Å². The molecule has 0 radical (unpaired) electrons. The number of ether oxygens (including phenoxy) is 1. The van der Waals surface area contributed by atoms with Crippen LogP contribution in [0.1, 0.15) is 30.9 Å². The molecule has 118 valence electrons. The number of aliphatic hydroxyl groups is 1. The second-order valence-corrected chi connectivity index (χ2v) is 5.69. The second kappa shape index (κ2) is 8.37. The lowest BCUT2D eigenvalue weighted by Crippen LogP contribution is -2.38. The van der Waals surface area contributed by atoms with Crippen molar-refractivity contribution < 1.29 is 9.84 Å². The molecular formula is C17H28N2O2. The maximum absolute atomic E-state index is 8.83. The maximum atomic E-state index is 8.83. The number of anilines is 1. The van der Waals surface area contributed by atoms with Gasteiger partial charge in [-0.1, -0.05) is 24.6 Å². The quantitative estimate of drug-likeness (QED) is 0.808. The van der Waals surface area contributed by atoms with Crippen molar-refractivity contribution in [2.45, 2.75) is 39.3 Å². The Balaban J connectivity index is 1.98. The van der Waals surface area contributed by atoms with Crippen LogP contribution in [0.5, 0.6) is 0 Å². The predicted octanol–water partition coefficient (Wildman–Crippen LogP) is 2.08. The van der Waals surface area contributed by atoms with Crippen molar-refractivity contribution in [3.05, 3.63) is 29.3 Å². The number of rotatable bonds is 7. The summed E-state index contributed by atoms with van der Waals surface area (Å²) in [7, 11) is 0. The molecule has 0 spiro atoms. The van der Waals surface area contributed by atoms with Crippen LogP contribution in [-0.2, 0) is 11.3 Å². The number of nitrogens with zero attached hydrogens (tertiary/aromatic N) is 1. The molecule has 2 rings (SSSR count). The van der Waals surface area contributed by atoms with Crippen LogP contribution < -0.4 is 10.2 Å². The van der Waals surface area contributed by atoms with E-state index in [9.17, 15) is 0 Å². The lowest BCUT2D eigenvalue weighted by molar-refractivity contribution is 0.0159. The van der Waals surface area contributed by atoms with Gasteiger partial charge in [0.15, 0.2) is 0 Å². The van der Waals surface area contributed by atoms with Crippen LogP contribution in [0.4, 0.5) is 5.69 Å². The number of aryl methyl sites for hydroxylation is 1. The Bertz CT molecular complexity index is 429. The van der Waals surface area contributed by atoms with E-state index in [4.69, 9.17) is 9.84 Å². The zero-order valence-corrected chi connectivity index (χ0v) is 13.3. The molecule has 2 N–H and O–H groups in total. The van der Waals surface area contributed by atoms with Crippen molar-refractivity contribution in [2.75, 3.05) is 37.7 Å². The summed E-state index contributed by atoms with van der Waals surface area (Å²) < 4.78 is 5.64. The van der Waals surface area contributed by atoms with Crippen molar-refractivity contribution >= 4 is 5.69 Å². The lowest BCUT2D eigenvalue weighted by Gasteiger charge is -2.34. The van der Waals surface area contributed by atoms with Gasteiger partial charge in [0.25, 0.3) is 0 Å². The van der Waals surface area contributed by atoms with Crippen LogP contribution in [0.25, 0.3) is 0 Å². The number of nitrogens with one attached hydrogen (secondary N) is 1. The molecular weight excluding hydrogens is 264 g/mol. The number of hydrogen-bond donors (Lipinski definition) is 2. The Kier molecular flexibility index (Phi) is 6.49. The third-order valence-electron chi connectivity index (χ3n) is 4.03. The van der Waals surface area contributed by atoms with E-state index < -0.39 is 0 Å². The zero-order chi connectivity index (χ0) is 15.1. The highest BCUT2D eigenvalue weighted by molar-refractivity contribution is 5.55. The van der Waals surface area contributed by atoms with Crippen LogP contribution in [-0.4, -0.2) is 44.1 Å². The van der Waals surface area contributed by atoms with E-state index in [0.717, 1.165) is 39.0 Å². The first kappa shape index (κ1) is 16.3. The zero-order valence-electron chi connectivity index (χ0n) is 13.3. The third-order valence-corrected chi connectivity index (χ3v) is 4.03. The van der Waals surface area contributed by atoms with Crippen molar-refractivity contribution in [2.24, 2.45) is 0 Å². The molecule has 0 aliphatic carbocycles. The first-order valence-electron chi connectivity index (χ1n) is 8.02. The minimum atomic E-state index is 0.116. The second-order valence-electron chi connectivity index (χ2n) is 5.69. The molecule has 1 aromatic carbocycles. The van der Waals surface area contributed by atoms with Crippen LogP contribution in [0.3, 0.4) is 0 Å². The summed E-state index contributed by atoms with van der Waals surface area (Å²) in [4.78, 5) is 2.46. The van der Waals surface area contributed by atoms with Crippen molar-refractivity contribution in [3.8, 4) is 0 Å². The summed E-state index contributed by atoms with van der Waals surface area (Å²) in [5.74, 6) is 0. The van der Waals surface area contributed by atoms with Gasteiger partial charge < -0.3 is 20.1 Å². The minimum Gasteiger partial charge on any atom is -0.394 e. The van der Waals surface area contributed by atoms with Gasteiger partial charge in [-0.25, -0.2) is 0 Å². The molecule has 0 aromatic heterocycles. The third kappa shape index (κ3) is 4.70. The lowest BCUT2D eigenvalue weighted by atomic mass is 10.0. The normalized spacial score (nSPS) is 16.4. The number of piperidine rings is 1. The van der Waals surface area contributed by atoms with Gasteiger partial charge in [-0.2, -0.15) is 0 Å². The van der Waals surface area contributed by atoms with Crippen LogP contribution >= 0.6 is 0 Å². The van der Waals surface area contributed by atoms with Crippen molar-refractivity contribution in [1.29, 1.82) is 0 Å². The Labute approximate surface area is 128 Å². The summed E-state index contributed by atoms with van der Waals surface area (Å²) in [6, 6.07) is 6.72. The van der Waals surface area contributed by atoms with Crippen LogP contribution in [0.2, 0.25) is 0 Å². The summed E-state index contributed by atoms with van der Waals surface area (Å²) in [6.07, 6.45) is 2.37. The molecule has 0 unspecified atom stereocenters. The highest BCUT2D eigenvalue weighted by Gasteiger charge is 2.21. The van der Waals surface area contributed by atoms with Gasteiger partial charge in [0, 0.05) is 25.3 Å². The summed E-state index contributed by atoms with van der Waals surface area (Å²) in [5.41, 5.74) is 4.04. The molecule has 1 fully saturated rings. The standard InChI is InChI=1S/C17H28N2O2/c1-3-18-13-15-12-14(2)4-5-17(15)19-8-6-16(7-9-19)21-11-10-20/h4-5,12,16,18,20H,3,6-11,13H2,1-2H3. The number of benzene rings is 1. The maximum Gasteiger partial charge on any atom is 0.0701 e. The van der Waals surface area contributed by atoms with E-state index in [2.05, 4.69) is 42.3 Å². The Hall–Kier alpha value is -1.10. The fourth-order valence-electron chi connectivity index (χ4n) is 2.91. The molecule has 1 heterocycles. The minimum absolute atomic E-state index is 0.116. The van der Waals surface area contributed by atoms with Gasteiger partial charge >= 0.3 is 0 Å². The highest BCUT2D eigenvalue weighted by Crippen LogP contribution is 2.26. The molecule has 1 aliphatic rings. The predicted molar refractivity (Wildman–Crippen MR) is 86.8 cm³/mol. The molecule has 0 bridgehead atoms. The summed E-state index contributed by atoms with van der Waals surface area (Å²) >= 11 is 0. The van der Waals surface area contributed by atoms with Crippen molar-refractivity contribution in [3.63, 3.8) is 0 Å². The molecule has 1 aromatic rings. The topological polar surface area (TPSA) is 44.7 Å². The van der Waals surface area contributed by atoms with Gasteiger partial charge in [-0.05, 0) is 37.9 Å². The average Bonchev–Trinajstić information content (AvgIpc) is 2.51. The Morgan fingerprint density at radius 2 is 2.10 bits per heavy atom. The smallest absolute Gasteiger partial charge is 0.0701 e. The molecule has 0 atom stereocenters. The van der Waals surface area contributed by atoms with Gasteiger partial charge in [0.2, 0.25) is 0 Å². The van der Waals surface area contributed by atoms with Crippen LogP contribution in [0, 0.1) is 6.92 Å². The fraction of sp³-hybridized carbons (Fsp3) is 0.647. The largest absolute Gasteiger partial charge is 0.394 e. The van der Waals surface area contributed by atoms with Gasteiger partial charge in [0.05, 0.1) is 19.3 Å². The Morgan fingerprint density at radius 1 is 1.33 bits per heavy atom. The van der Waals surface area contributed by atoms with E-state index in [1.54, 1.807) is 0 Å². The average molecular weight is 292 g/mol. The number of hydrogen-bond acceptors (Lipinski definition) is 4. The highest BCUT2D eigenvalue weighted by atomic mass is 16.5. The van der Waals surface area contributed by atoms with Gasteiger partial charge in [-0.3, -0.25) is 0 Å². The molecule has 0 saturated carbocycles. The summed E-state index contributed by atoms with van der Waals surface area (Å²) in [6.45, 7) is 8.83. The summed E-state index contributed by atoms with van der Waals surface area (Å²) in [5, 5.41) is 12.3. The number of aliphatic hydroxyl groups excluding tert-OH is 1. The molecule has 1 saturated heterocycles. The Morgan fingerprint density at radius 3 is 2.76 bits per heavy atom. The monoisotopic (exact) mass is 292 g/mol. The molecule has 0 amide bonds. The van der Waals surface area contributed by atoms with Gasteiger partial charge in [-0.15, -0.1) is 0 Å².